The molecule has 0 aliphatic carbocycles. The highest BCUT2D eigenvalue weighted by Crippen LogP contribution is 2.17. The van der Waals surface area contributed by atoms with Crippen LogP contribution in [0.1, 0.15) is 37.8 Å². The molecule has 0 radical (unpaired) electrons. The molecule has 1 aromatic carbocycles. The number of benzene rings is 1. The lowest BCUT2D eigenvalue weighted by molar-refractivity contribution is 0.0652. The van der Waals surface area contributed by atoms with Crippen molar-refractivity contribution in [2.75, 3.05) is 18.0 Å². The third-order valence-electron chi connectivity index (χ3n) is 4.93. The van der Waals surface area contributed by atoms with E-state index < -0.39 is 0 Å². The molecule has 1 aromatic heterocycles. The summed E-state index contributed by atoms with van der Waals surface area (Å²) in [7, 11) is 0. The van der Waals surface area contributed by atoms with Gasteiger partial charge in [-0.1, -0.05) is 30.3 Å². The van der Waals surface area contributed by atoms with E-state index in [9.17, 15) is 4.79 Å². The van der Waals surface area contributed by atoms with Crippen molar-refractivity contribution in [1.29, 1.82) is 0 Å². The highest BCUT2D eigenvalue weighted by Gasteiger charge is 2.21. The minimum Gasteiger partial charge on any atom is -0.374 e. The summed E-state index contributed by atoms with van der Waals surface area (Å²) in [6.45, 7) is 6.90. The lowest BCUT2D eigenvalue weighted by atomic mass is 10.1. The van der Waals surface area contributed by atoms with Gasteiger partial charge in [-0.2, -0.15) is 0 Å². The quantitative estimate of drug-likeness (QED) is 0.769. The molecule has 0 bridgehead atoms. The Balaban J connectivity index is 1.43. The number of nitrogens with one attached hydrogen (secondary N) is 2. The molecule has 2 amide bonds. The lowest BCUT2D eigenvalue weighted by Gasteiger charge is -2.33. The van der Waals surface area contributed by atoms with Crippen LogP contribution >= 0.6 is 0 Å². The number of anilines is 1. The van der Waals surface area contributed by atoms with E-state index in [1.165, 1.54) is 0 Å². The van der Waals surface area contributed by atoms with Crippen molar-refractivity contribution < 1.29 is 9.53 Å². The summed E-state index contributed by atoms with van der Waals surface area (Å²) < 4.78 is 5.71. The molecule has 28 heavy (non-hydrogen) atoms. The van der Waals surface area contributed by atoms with Crippen LogP contribution in [-0.2, 0) is 17.9 Å². The number of nitrogens with zero attached hydrogens (tertiary/aromatic N) is 2. The van der Waals surface area contributed by atoms with Crippen molar-refractivity contribution in [2.24, 2.45) is 0 Å². The summed E-state index contributed by atoms with van der Waals surface area (Å²) in [5.74, 6) is 1.01. The fourth-order valence-electron chi connectivity index (χ4n) is 3.33. The highest BCUT2D eigenvalue weighted by atomic mass is 16.5. The summed E-state index contributed by atoms with van der Waals surface area (Å²) in [6, 6.07) is 14.1. The normalized spacial score (nSPS) is 14.9. The van der Waals surface area contributed by atoms with Crippen molar-refractivity contribution >= 4 is 11.8 Å². The molecule has 2 N–H and O–H groups in total. The first-order valence-electron chi connectivity index (χ1n) is 10.0. The number of carbonyl (C=O) groups is 1. The van der Waals surface area contributed by atoms with Gasteiger partial charge in [0, 0.05) is 31.9 Å². The van der Waals surface area contributed by atoms with Gasteiger partial charge < -0.3 is 20.3 Å². The Morgan fingerprint density at radius 1 is 1.14 bits per heavy atom. The molecule has 1 fully saturated rings. The molecule has 1 aliphatic rings. The Morgan fingerprint density at radius 2 is 1.86 bits per heavy atom. The first-order valence-corrected chi connectivity index (χ1v) is 10.0. The van der Waals surface area contributed by atoms with E-state index >= 15 is 0 Å². The van der Waals surface area contributed by atoms with Gasteiger partial charge in [0.25, 0.3) is 0 Å². The minimum absolute atomic E-state index is 0.115. The van der Waals surface area contributed by atoms with E-state index in [1.54, 1.807) is 0 Å². The number of rotatable bonds is 7. The Kier molecular flexibility index (Phi) is 7.25. The Bertz CT molecular complexity index is 743. The Morgan fingerprint density at radius 3 is 2.54 bits per heavy atom. The molecule has 150 valence electrons. The number of carbonyl (C=O) groups excluding carboxylic acids is 1. The zero-order valence-electron chi connectivity index (χ0n) is 16.7. The molecule has 3 rings (SSSR count). The van der Waals surface area contributed by atoms with Crippen molar-refractivity contribution in [3.63, 3.8) is 0 Å². The summed E-state index contributed by atoms with van der Waals surface area (Å²) in [6.07, 6.45) is 3.84. The van der Waals surface area contributed by atoms with E-state index in [0.29, 0.717) is 13.2 Å². The molecule has 0 atom stereocenters. The van der Waals surface area contributed by atoms with Crippen molar-refractivity contribution in [1.82, 2.24) is 15.6 Å². The van der Waals surface area contributed by atoms with Crippen molar-refractivity contribution in [3.05, 3.63) is 59.8 Å². The fraction of sp³-hybridized carbons (Fsp3) is 0.455. The highest BCUT2D eigenvalue weighted by molar-refractivity contribution is 5.74. The smallest absolute Gasteiger partial charge is 0.315 e. The lowest BCUT2D eigenvalue weighted by Crippen LogP contribution is -2.48. The van der Waals surface area contributed by atoms with E-state index in [1.807, 2.05) is 62.5 Å². The number of hydrogen-bond acceptors (Lipinski definition) is 4. The molecule has 1 saturated heterocycles. The standard InChI is InChI=1S/C22H30N4O2/c1-17(2)28-16-19-8-4-3-7-18(19)15-24-22(27)25-20-10-13-26(14-11-20)21-9-5-6-12-23-21/h3-9,12,17,20H,10-11,13-16H2,1-2H3,(H2,24,25,27). The van der Waals surface area contributed by atoms with Crippen molar-refractivity contribution in [3.8, 4) is 0 Å². The molecule has 6 heteroatoms. The molecule has 2 heterocycles. The zero-order valence-corrected chi connectivity index (χ0v) is 16.7. The maximum atomic E-state index is 12.3. The first-order chi connectivity index (χ1) is 13.6. The largest absolute Gasteiger partial charge is 0.374 e. The van der Waals surface area contributed by atoms with Gasteiger partial charge in [-0.25, -0.2) is 9.78 Å². The zero-order chi connectivity index (χ0) is 19.8. The molecular weight excluding hydrogens is 352 g/mol. The van der Waals surface area contributed by atoms with Crippen LogP contribution in [0.4, 0.5) is 10.6 Å². The van der Waals surface area contributed by atoms with Gasteiger partial charge in [-0.3, -0.25) is 0 Å². The number of aromatic nitrogens is 1. The second-order valence-electron chi connectivity index (χ2n) is 7.40. The molecule has 0 spiro atoms. The number of pyridine rings is 1. The van der Waals surface area contributed by atoms with Crippen molar-refractivity contribution in [2.45, 2.75) is 52.0 Å². The number of ether oxygens (including phenoxy) is 1. The SMILES string of the molecule is CC(C)OCc1ccccc1CNC(=O)NC1CCN(c2ccccn2)CC1. The minimum atomic E-state index is -0.115. The second kappa shape index (κ2) is 10.1. The van der Waals surface area contributed by atoms with Crippen LogP contribution in [0.5, 0.6) is 0 Å². The second-order valence-corrected chi connectivity index (χ2v) is 7.40. The predicted molar refractivity (Wildman–Crippen MR) is 111 cm³/mol. The van der Waals surface area contributed by atoms with Gasteiger partial charge in [0.15, 0.2) is 0 Å². The summed E-state index contributed by atoms with van der Waals surface area (Å²) in [5.41, 5.74) is 2.20. The van der Waals surface area contributed by atoms with Gasteiger partial charge in [0.05, 0.1) is 12.7 Å². The van der Waals surface area contributed by atoms with E-state index in [2.05, 4.69) is 20.5 Å². The molecular formula is C22H30N4O2. The van der Waals surface area contributed by atoms with Crippen LogP contribution in [0.15, 0.2) is 48.7 Å². The average Bonchev–Trinajstić information content (AvgIpc) is 2.72. The van der Waals surface area contributed by atoms with E-state index in [-0.39, 0.29) is 18.2 Å². The van der Waals surface area contributed by atoms with Gasteiger partial charge >= 0.3 is 6.03 Å². The van der Waals surface area contributed by atoms with Crippen LogP contribution in [-0.4, -0.2) is 36.3 Å². The molecule has 0 saturated carbocycles. The monoisotopic (exact) mass is 382 g/mol. The molecule has 2 aromatic rings. The number of amides is 2. The van der Waals surface area contributed by atoms with Gasteiger partial charge in [-0.05, 0) is 49.9 Å². The van der Waals surface area contributed by atoms with Crippen LogP contribution in [0.3, 0.4) is 0 Å². The molecule has 0 unspecified atom stereocenters. The summed E-state index contributed by atoms with van der Waals surface area (Å²) in [5, 5.41) is 6.09. The molecule has 1 aliphatic heterocycles. The summed E-state index contributed by atoms with van der Waals surface area (Å²) >= 11 is 0. The fourth-order valence-corrected chi connectivity index (χ4v) is 3.33. The number of hydrogen-bond donors (Lipinski definition) is 2. The van der Waals surface area contributed by atoms with E-state index in [0.717, 1.165) is 42.9 Å². The number of piperidine rings is 1. The number of urea groups is 1. The predicted octanol–water partition coefficient (Wildman–Crippen LogP) is 3.47. The first kappa shape index (κ1) is 20.1. The third-order valence-corrected chi connectivity index (χ3v) is 4.93. The third kappa shape index (κ3) is 5.96. The molecule has 6 nitrogen and oxygen atoms in total. The van der Waals surface area contributed by atoms with Gasteiger partial charge in [0.2, 0.25) is 0 Å². The maximum Gasteiger partial charge on any atom is 0.315 e. The van der Waals surface area contributed by atoms with Gasteiger partial charge in [-0.15, -0.1) is 0 Å². The van der Waals surface area contributed by atoms with Crippen LogP contribution in [0, 0.1) is 0 Å². The Labute approximate surface area is 167 Å². The average molecular weight is 383 g/mol. The van der Waals surface area contributed by atoms with Gasteiger partial charge in [0.1, 0.15) is 5.82 Å². The van der Waals surface area contributed by atoms with Crippen LogP contribution in [0.25, 0.3) is 0 Å². The van der Waals surface area contributed by atoms with Crippen LogP contribution in [0.2, 0.25) is 0 Å². The Hall–Kier alpha value is -2.60. The maximum absolute atomic E-state index is 12.3. The summed E-state index contributed by atoms with van der Waals surface area (Å²) in [4.78, 5) is 19.0. The topological polar surface area (TPSA) is 66.5 Å². The van der Waals surface area contributed by atoms with Crippen LogP contribution < -0.4 is 15.5 Å². The van der Waals surface area contributed by atoms with E-state index in [4.69, 9.17) is 4.74 Å².